The van der Waals surface area contributed by atoms with Gasteiger partial charge in [0.05, 0.1) is 11.3 Å². The summed E-state index contributed by atoms with van der Waals surface area (Å²) in [6.07, 6.45) is 1.13. The van der Waals surface area contributed by atoms with Crippen LogP contribution in [0.25, 0.3) is 0 Å². The first-order chi connectivity index (χ1) is 7.95. The van der Waals surface area contributed by atoms with E-state index in [1.54, 1.807) is 0 Å². The average molecular weight is 230 g/mol. The maximum atomic E-state index is 9.15. The fourth-order valence-corrected chi connectivity index (χ4v) is 2.11. The number of nitriles is 1. The van der Waals surface area contributed by atoms with E-state index in [0.29, 0.717) is 12.0 Å². The van der Waals surface area contributed by atoms with Crippen molar-refractivity contribution in [3.8, 4) is 6.07 Å². The normalized spacial score (nSPS) is 12.3. The van der Waals surface area contributed by atoms with Gasteiger partial charge < -0.3 is 4.90 Å². The molecule has 1 unspecified atom stereocenters. The van der Waals surface area contributed by atoms with Crippen molar-refractivity contribution in [2.24, 2.45) is 5.92 Å². The molecular weight excluding hydrogens is 208 g/mol. The van der Waals surface area contributed by atoms with Gasteiger partial charge in [0.25, 0.3) is 0 Å². The van der Waals surface area contributed by atoms with Crippen LogP contribution in [0.15, 0.2) is 18.2 Å². The molecule has 0 aliphatic carbocycles. The molecule has 0 aliphatic heterocycles. The van der Waals surface area contributed by atoms with Crippen molar-refractivity contribution in [3.05, 3.63) is 29.3 Å². The van der Waals surface area contributed by atoms with Gasteiger partial charge in [0.2, 0.25) is 0 Å². The molecule has 0 fully saturated rings. The van der Waals surface area contributed by atoms with Crippen LogP contribution in [0.2, 0.25) is 0 Å². The standard InChI is InChI=1S/C15H22N2/c1-11(2)8-13(4)17(5)15-9-12(3)6-7-14(15)10-16/h6-7,9,11,13H,8H2,1-5H3. The van der Waals surface area contributed by atoms with Gasteiger partial charge in [-0.15, -0.1) is 0 Å². The molecule has 2 nitrogen and oxygen atoms in total. The molecule has 0 heterocycles. The highest BCUT2D eigenvalue weighted by molar-refractivity contribution is 5.60. The Hall–Kier alpha value is -1.49. The molecule has 1 aromatic carbocycles. The molecular formula is C15H22N2. The van der Waals surface area contributed by atoms with Gasteiger partial charge in [-0.1, -0.05) is 19.9 Å². The molecule has 1 rings (SSSR count). The van der Waals surface area contributed by atoms with Gasteiger partial charge in [-0.2, -0.15) is 5.26 Å². The van der Waals surface area contributed by atoms with Crippen molar-refractivity contribution in [1.82, 2.24) is 0 Å². The minimum absolute atomic E-state index is 0.448. The van der Waals surface area contributed by atoms with E-state index in [1.807, 2.05) is 12.1 Å². The predicted molar refractivity (Wildman–Crippen MR) is 73.2 cm³/mol. The van der Waals surface area contributed by atoms with Crippen LogP contribution in [0, 0.1) is 24.2 Å². The minimum Gasteiger partial charge on any atom is -0.371 e. The second-order valence-electron chi connectivity index (χ2n) is 5.22. The third kappa shape index (κ3) is 3.49. The minimum atomic E-state index is 0.448. The smallest absolute Gasteiger partial charge is 0.101 e. The summed E-state index contributed by atoms with van der Waals surface area (Å²) in [6.45, 7) is 8.73. The van der Waals surface area contributed by atoms with Crippen LogP contribution in [0.5, 0.6) is 0 Å². The predicted octanol–water partition coefficient (Wildman–Crippen LogP) is 3.74. The maximum Gasteiger partial charge on any atom is 0.101 e. The van der Waals surface area contributed by atoms with Crippen molar-refractivity contribution in [2.45, 2.75) is 40.2 Å². The molecule has 1 aromatic rings. The quantitative estimate of drug-likeness (QED) is 0.788. The van der Waals surface area contributed by atoms with E-state index in [4.69, 9.17) is 5.26 Å². The van der Waals surface area contributed by atoms with E-state index in [9.17, 15) is 0 Å². The zero-order chi connectivity index (χ0) is 13.0. The highest BCUT2D eigenvalue weighted by atomic mass is 15.1. The first-order valence-corrected chi connectivity index (χ1v) is 6.19. The summed E-state index contributed by atoms with van der Waals surface area (Å²) in [5, 5.41) is 9.15. The molecule has 0 N–H and O–H groups in total. The van der Waals surface area contributed by atoms with E-state index < -0.39 is 0 Å². The SMILES string of the molecule is Cc1ccc(C#N)c(N(C)C(C)CC(C)C)c1. The first kappa shape index (κ1) is 13.6. The average Bonchev–Trinajstić information content (AvgIpc) is 2.27. The fourth-order valence-electron chi connectivity index (χ4n) is 2.11. The Labute approximate surface area is 105 Å². The third-order valence-electron chi connectivity index (χ3n) is 3.13. The van der Waals surface area contributed by atoms with E-state index in [1.165, 1.54) is 5.56 Å². The Morgan fingerprint density at radius 1 is 1.29 bits per heavy atom. The Morgan fingerprint density at radius 2 is 1.94 bits per heavy atom. The molecule has 0 aromatic heterocycles. The topological polar surface area (TPSA) is 27.0 Å². The largest absolute Gasteiger partial charge is 0.371 e. The van der Waals surface area contributed by atoms with Crippen LogP contribution >= 0.6 is 0 Å². The highest BCUT2D eigenvalue weighted by Gasteiger charge is 2.14. The van der Waals surface area contributed by atoms with Crippen molar-refractivity contribution in [2.75, 3.05) is 11.9 Å². The summed E-state index contributed by atoms with van der Waals surface area (Å²) < 4.78 is 0. The van der Waals surface area contributed by atoms with Gasteiger partial charge in [-0.3, -0.25) is 0 Å². The van der Waals surface area contributed by atoms with Crippen molar-refractivity contribution >= 4 is 5.69 Å². The summed E-state index contributed by atoms with van der Waals surface area (Å²) in [5.74, 6) is 0.669. The van der Waals surface area contributed by atoms with Crippen LogP contribution < -0.4 is 4.90 Å². The van der Waals surface area contributed by atoms with Crippen LogP contribution in [-0.2, 0) is 0 Å². The molecule has 2 heteroatoms. The Bertz CT molecular complexity index is 415. The summed E-state index contributed by atoms with van der Waals surface area (Å²) in [6, 6.07) is 8.71. The number of hydrogen-bond donors (Lipinski definition) is 0. The van der Waals surface area contributed by atoms with Gasteiger partial charge >= 0.3 is 0 Å². The number of hydrogen-bond acceptors (Lipinski definition) is 2. The van der Waals surface area contributed by atoms with Gasteiger partial charge in [-0.05, 0) is 43.9 Å². The van der Waals surface area contributed by atoms with Crippen molar-refractivity contribution in [3.63, 3.8) is 0 Å². The summed E-state index contributed by atoms with van der Waals surface area (Å²) >= 11 is 0. The van der Waals surface area contributed by atoms with E-state index >= 15 is 0 Å². The summed E-state index contributed by atoms with van der Waals surface area (Å²) in [5.41, 5.74) is 3.00. The fraction of sp³-hybridized carbons (Fsp3) is 0.533. The second-order valence-corrected chi connectivity index (χ2v) is 5.22. The van der Waals surface area contributed by atoms with E-state index in [2.05, 4.69) is 51.8 Å². The monoisotopic (exact) mass is 230 g/mol. The molecule has 0 saturated heterocycles. The molecule has 1 atom stereocenters. The zero-order valence-electron chi connectivity index (χ0n) is 11.5. The van der Waals surface area contributed by atoms with Crippen LogP contribution in [0.1, 0.15) is 38.3 Å². The number of benzene rings is 1. The summed E-state index contributed by atoms with van der Waals surface area (Å²) in [7, 11) is 2.07. The van der Waals surface area contributed by atoms with E-state index in [0.717, 1.165) is 17.7 Å². The number of aryl methyl sites for hydroxylation is 1. The molecule has 0 aliphatic rings. The van der Waals surface area contributed by atoms with Gasteiger partial charge in [0.1, 0.15) is 6.07 Å². The van der Waals surface area contributed by atoms with E-state index in [-0.39, 0.29) is 0 Å². The van der Waals surface area contributed by atoms with Gasteiger partial charge in [0, 0.05) is 13.1 Å². The lowest BCUT2D eigenvalue weighted by Crippen LogP contribution is -2.30. The maximum absolute atomic E-state index is 9.15. The van der Waals surface area contributed by atoms with Crippen molar-refractivity contribution < 1.29 is 0 Å². The zero-order valence-corrected chi connectivity index (χ0v) is 11.5. The third-order valence-corrected chi connectivity index (χ3v) is 3.13. The lowest BCUT2D eigenvalue weighted by Gasteiger charge is -2.29. The second kappa shape index (κ2) is 5.72. The lowest BCUT2D eigenvalue weighted by molar-refractivity contribution is 0.504. The van der Waals surface area contributed by atoms with Crippen molar-refractivity contribution in [1.29, 1.82) is 5.26 Å². The summed E-state index contributed by atoms with van der Waals surface area (Å²) in [4.78, 5) is 2.21. The number of anilines is 1. The van der Waals surface area contributed by atoms with Crippen LogP contribution in [-0.4, -0.2) is 13.1 Å². The van der Waals surface area contributed by atoms with Gasteiger partial charge in [-0.25, -0.2) is 0 Å². The molecule has 0 spiro atoms. The Kier molecular flexibility index (Phi) is 4.57. The molecule has 0 radical (unpaired) electrons. The van der Waals surface area contributed by atoms with Gasteiger partial charge in [0.15, 0.2) is 0 Å². The molecule has 17 heavy (non-hydrogen) atoms. The number of rotatable bonds is 4. The lowest BCUT2D eigenvalue weighted by atomic mass is 10.0. The molecule has 92 valence electrons. The first-order valence-electron chi connectivity index (χ1n) is 6.19. The number of nitrogens with zero attached hydrogens (tertiary/aromatic N) is 2. The highest BCUT2D eigenvalue weighted by Crippen LogP contribution is 2.24. The Balaban J connectivity index is 2.99. The molecule has 0 amide bonds. The Morgan fingerprint density at radius 3 is 2.47 bits per heavy atom. The molecule has 0 saturated carbocycles. The van der Waals surface area contributed by atoms with Crippen LogP contribution in [0.4, 0.5) is 5.69 Å². The van der Waals surface area contributed by atoms with Crippen LogP contribution in [0.3, 0.4) is 0 Å². The molecule has 0 bridgehead atoms.